The fourth-order valence-corrected chi connectivity index (χ4v) is 4.30. The normalized spacial score (nSPS) is 14.1. The van der Waals surface area contributed by atoms with Gasteiger partial charge >= 0.3 is 0 Å². The fourth-order valence-electron chi connectivity index (χ4n) is 3.21. The van der Waals surface area contributed by atoms with Gasteiger partial charge in [0.05, 0.1) is 5.75 Å². The van der Waals surface area contributed by atoms with Crippen molar-refractivity contribution in [1.29, 1.82) is 0 Å². The van der Waals surface area contributed by atoms with E-state index in [2.05, 4.69) is 4.72 Å². The third-order valence-corrected chi connectivity index (χ3v) is 5.93. The first kappa shape index (κ1) is 19.4. The van der Waals surface area contributed by atoms with Gasteiger partial charge in [-0.2, -0.15) is 0 Å². The summed E-state index contributed by atoms with van der Waals surface area (Å²) in [6.45, 7) is 6.35. The SMILES string of the molecule is CC(C)(C)C(=O)N1CCc2cc(NS(=O)(=O)CCc3ccccc3)ccc21. The Morgan fingerprint density at radius 2 is 1.81 bits per heavy atom. The Kier molecular flexibility index (Phi) is 5.29. The minimum atomic E-state index is -3.43. The van der Waals surface area contributed by atoms with Crippen LogP contribution in [0.5, 0.6) is 0 Å². The van der Waals surface area contributed by atoms with E-state index in [0.717, 1.165) is 23.2 Å². The van der Waals surface area contributed by atoms with E-state index in [9.17, 15) is 13.2 Å². The van der Waals surface area contributed by atoms with Crippen molar-refractivity contribution in [3.05, 3.63) is 59.7 Å². The van der Waals surface area contributed by atoms with Crippen LogP contribution in [-0.2, 0) is 27.7 Å². The summed E-state index contributed by atoms with van der Waals surface area (Å²) in [7, 11) is -3.43. The topological polar surface area (TPSA) is 66.5 Å². The van der Waals surface area contributed by atoms with E-state index in [0.29, 0.717) is 18.7 Å². The van der Waals surface area contributed by atoms with Gasteiger partial charge < -0.3 is 4.90 Å². The van der Waals surface area contributed by atoms with Crippen molar-refractivity contribution >= 4 is 27.3 Å². The maximum absolute atomic E-state index is 12.6. The van der Waals surface area contributed by atoms with Crippen molar-refractivity contribution in [2.24, 2.45) is 5.41 Å². The Morgan fingerprint density at radius 1 is 1.11 bits per heavy atom. The minimum Gasteiger partial charge on any atom is -0.311 e. The first-order valence-corrected chi connectivity index (χ1v) is 10.8. The molecule has 1 heterocycles. The second-order valence-corrected chi connectivity index (χ2v) is 9.80. The lowest BCUT2D eigenvalue weighted by Gasteiger charge is -2.26. The van der Waals surface area contributed by atoms with Crippen LogP contribution in [0.2, 0.25) is 0 Å². The van der Waals surface area contributed by atoms with Gasteiger partial charge in [-0.1, -0.05) is 51.1 Å². The fraction of sp³-hybridized carbons (Fsp3) is 0.381. The van der Waals surface area contributed by atoms with Crippen LogP contribution in [0, 0.1) is 5.41 Å². The van der Waals surface area contributed by atoms with E-state index < -0.39 is 15.4 Å². The lowest BCUT2D eigenvalue weighted by atomic mass is 9.94. The number of aryl methyl sites for hydroxylation is 1. The molecule has 0 aliphatic carbocycles. The Morgan fingerprint density at radius 3 is 2.48 bits per heavy atom. The molecule has 2 aromatic rings. The predicted molar refractivity (Wildman–Crippen MR) is 110 cm³/mol. The number of nitrogens with zero attached hydrogens (tertiary/aromatic N) is 1. The zero-order valence-corrected chi connectivity index (χ0v) is 16.8. The number of hydrogen-bond donors (Lipinski definition) is 1. The summed E-state index contributed by atoms with van der Waals surface area (Å²) in [6.07, 6.45) is 1.20. The number of benzene rings is 2. The number of nitrogens with one attached hydrogen (secondary N) is 1. The number of anilines is 2. The van der Waals surface area contributed by atoms with E-state index in [1.165, 1.54) is 0 Å². The average Bonchev–Trinajstić information content (AvgIpc) is 3.02. The highest BCUT2D eigenvalue weighted by atomic mass is 32.2. The summed E-state index contributed by atoms with van der Waals surface area (Å²) in [5.41, 5.74) is 2.97. The molecule has 0 aromatic heterocycles. The Balaban J connectivity index is 1.70. The highest BCUT2D eigenvalue weighted by Crippen LogP contribution is 2.33. The van der Waals surface area contributed by atoms with Crippen LogP contribution in [0.3, 0.4) is 0 Å². The van der Waals surface area contributed by atoms with E-state index in [-0.39, 0.29) is 11.7 Å². The molecule has 1 aliphatic rings. The van der Waals surface area contributed by atoms with Crippen molar-refractivity contribution in [2.45, 2.75) is 33.6 Å². The van der Waals surface area contributed by atoms with Crippen molar-refractivity contribution in [1.82, 2.24) is 0 Å². The zero-order chi connectivity index (χ0) is 19.7. The van der Waals surface area contributed by atoms with Gasteiger partial charge in [0.2, 0.25) is 15.9 Å². The molecular formula is C21H26N2O3S. The molecule has 2 aromatic carbocycles. The van der Waals surface area contributed by atoms with Gasteiger partial charge in [0.15, 0.2) is 0 Å². The molecule has 0 atom stereocenters. The lowest BCUT2D eigenvalue weighted by molar-refractivity contribution is -0.125. The van der Waals surface area contributed by atoms with E-state index in [4.69, 9.17) is 0 Å². The number of amides is 1. The molecule has 1 N–H and O–H groups in total. The third kappa shape index (κ3) is 4.69. The van der Waals surface area contributed by atoms with Gasteiger partial charge in [0, 0.05) is 23.3 Å². The molecule has 0 radical (unpaired) electrons. The number of carbonyl (C=O) groups is 1. The summed E-state index contributed by atoms with van der Waals surface area (Å²) < 4.78 is 27.5. The van der Waals surface area contributed by atoms with Gasteiger partial charge in [-0.05, 0) is 42.2 Å². The second-order valence-electron chi connectivity index (χ2n) is 7.96. The molecule has 27 heavy (non-hydrogen) atoms. The quantitative estimate of drug-likeness (QED) is 0.854. The summed E-state index contributed by atoms with van der Waals surface area (Å²) in [5.74, 6) is 0.111. The number of carbonyl (C=O) groups excluding carboxylic acids is 1. The van der Waals surface area contributed by atoms with Crippen LogP contribution >= 0.6 is 0 Å². The molecule has 0 saturated carbocycles. The van der Waals surface area contributed by atoms with Crippen LogP contribution < -0.4 is 9.62 Å². The van der Waals surface area contributed by atoms with E-state index >= 15 is 0 Å². The predicted octanol–water partition coefficient (Wildman–Crippen LogP) is 3.61. The monoisotopic (exact) mass is 386 g/mol. The molecule has 144 valence electrons. The summed E-state index contributed by atoms with van der Waals surface area (Å²) in [6, 6.07) is 15.0. The molecule has 3 rings (SSSR count). The molecule has 6 heteroatoms. The Bertz CT molecular complexity index is 932. The van der Waals surface area contributed by atoms with Gasteiger partial charge in [0.1, 0.15) is 0 Å². The summed E-state index contributed by atoms with van der Waals surface area (Å²) >= 11 is 0. The minimum absolute atomic E-state index is 0.0305. The molecule has 0 bridgehead atoms. The smallest absolute Gasteiger partial charge is 0.233 e. The van der Waals surface area contributed by atoms with Crippen molar-refractivity contribution in [2.75, 3.05) is 21.9 Å². The van der Waals surface area contributed by atoms with Crippen LogP contribution in [-0.4, -0.2) is 26.6 Å². The highest BCUT2D eigenvalue weighted by Gasteiger charge is 2.32. The molecule has 0 unspecified atom stereocenters. The molecule has 1 amide bonds. The van der Waals surface area contributed by atoms with Gasteiger partial charge in [-0.25, -0.2) is 8.42 Å². The molecular weight excluding hydrogens is 360 g/mol. The molecule has 5 nitrogen and oxygen atoms in total. The van der Waals surface area contributed by atoms with Crippen molar-refractivity contribution < 1.29 is 13.2 Å². The van der Waals surface area contributed by atoms with E-state index in [1.807, 2.05) is 63.2 Å². The van der Waals surface area contributed by atoms with Gasteiger partial charge in [0.25, 0.3) is 0 Å². The third-order valence-electron chi connectivity index (χ3n) is 4.64. The average molecular weight is 387 g/mol. The number of sulfonamides is 1. The molecule has 0 fully saturated rings. The van der Waals surface area contributed by atoms with Crippen LogP contribution in [0.1, 0.15) is 31.9 Å². The van der Waals surface area contributed by atoms with Crippen LogP contribution in [0.15, 0.2) is 48.5 Å². The standard InChI is InChI=1S/C21H26N2O3S/c1-21(2,3)20(24)23-13-11-17-15-18(9-10-19(17)23)22-27(25,26)14-12-16-7-5-4-6-8-16/h4-10,15,22H,11-14H2,1-3H3. The van der Waals surface area contributed by atoms with Gasteiger partial charge in [-0.15, -0.1) is 0 Å². The van der Waals surface area contributed by atoms with Crippen molar-refractivity contribution in [3.8, 4) is 0 Å². The Hall–Kier alpha value is -2.34. The number of rotatable bonds is 5. The molecule has 1 aliphatic heterocycles. The first-order chi connectivity index (χ1) is 12.7. The largest absolute Gasteiger partial charge is 0.311 e. The van der Waals surface area contributed by atoms with Crippen LogP contribution in [0.25, 0.3) is 0 Å². The number of fused-ring (bicyclic) bond motifs is 1. The summed E-state index contributed by atoms with van der Waals surface area (Å²) in [5, 5.41) is 0. The summed E-state index contributed by atoms with van der Waals surface area (Å²) in [4.78, 5) is 14.4. The van der Waals surface area contributed by atoms with Crippen LogP contribution in [0.4, 0.5) is 11.4 Å². The van der Waals surface area contributed by atoms with E-state index in [1.54, 1.807) is 11.0 Å². The maximum Gasteiger partial charge on any atom is 0.233 e. The highest BCUT2D eigenvalue weighted by molar-refractivity contribution is 7.92. The van der Waals surface area contributed by atoms with Gasteiger partial charge in [-0.3, -0.25) is 9.52 Å². The zero-order valence-electron chi connectivity index (χ0n) is 16.0. The lowest BCUT2D eigenvalue weighted by Crippen LogP contribution is -2.38. The second kappa shape index (κ2) is 7.35. The molecule has 0 saturated heterocycles. The number of hydrogen-bond acceptors (Lipinski definition) is 3. The van der Waals surface area contributed by atoms with Crippen molar-refractivity contribution in [3.63, 3.8) is 0 Å². The maximum atomic E-state index is 12.6. The molecule has 0 spiro atoms. The Labute approximate surface area is 161 Å². The first-order valence-electron chi connectivity index (χ1n) is 9.15.